The third-order valence-electron chi connectivity index (χ3n) is 2.20. The molecule has 0 aliphatic carbocycles. The SMILES string of the molecule is N#Cc1cc(OCCc2ccccn2)ccn1. The molecule has 2 aromatic rings. The molecule has 0 fully saturated rings. The summed E-state index contributed by atoms with van der Waals surface area (Å²) in [5.41, 5.74) is 1.35. The maximum absolute atomic E-state index is 8.69. The van der Waals surface area contributed by atoms with Crippen molar-refractivity contribution in [2.75, 3.05) is 6.61 Å². The number of aromatic nitrogens is 2. The van der Waals surface area contributed by atoms with E-state index in [9.17, 15) is 0 Å². The number of rotatable bonds is 4. The van der Waals surface area contributed by atoms with Crippen LogP contribution < -0.4 is 4.74 Å². The third kappa shape index (κ3) is 3.28. The molecule has 0 radical (unpaired) electrons. The number of pyridine rings is 2. The van der Waals surface area contributed by atoms with E-state index in [0.29, 0.717) is 18.1 Å². The van der Waals surface area contributed by atoms with Crippen LogP contribution in [0.1, 0.15) is 11.4 Å². The van der Waals surface area contributed by atoms with Crippen molar-refractivity contribution in [2.45, 2.75) is 6.42 Å². The van der Waals surface area contributed by atoms with Crippen LogP contribution >= 0.6 is 0 Å². The van der Waals surface area contributed by atoms with Crippen molar-refractivity contribution >= 4 is 0 Å². The number of ether oxygens (including phenoxy) is 1. The highest BCUT2D eigenvalue weighted by Crippen LogP contribution is 2.10. The monoisotopic (exact) mass is 225 g/mol. The van der Waals surface area contributed by atoms with Gasteiger partial charge in [-0.1, -0.05) is 6.07 Å². The van der Waals surface area contributed by atoms with Gasteiger partial charge in [-0.25, -0.2) is 4.98 Å². The molecule has 0 aromatic carbocycles. The van der Waals surface area contributed by atoms with Crippen molar-refractivity contribution in [1.29, 1.82) is 5.26 Å². The van der Waals surface area contributed by atoms with Gasteiger partial charge in [-0.2, -0.15) is 5.26 Å². The van der Waals surface area contributed by atoms with Gasteiger partial charge in [0.25, 0.3) is 0 Å². The van der Waals surface area contributed by atoms with Crippen molar-refractivity contribution in [2.24, 2.45) is 0 Å². The molecule has 0 saturated heterocycles. The van der Waals surface area contributed by atoms with E-state index < -0.39 is 0 Å². The van der Waals surface area contributed by atoms with Gasteiger partial charge in [0, 0.05) is 30.6 Å². The second kappa shape index (κ2) is 5.61. The fourth-order valence-electron chi connectivity index (χ4n) is 1.38. The summed E-state index contributed by atoms with van der Waals surface area (Å²) in [4.78, 5) is 8.07. The maximum atomic E-state index is 8.69. The molecule has 0 bridgehead atoms. The van der Waals surface area contributed by atoms with E-state index in [0.717, 1.165) is 12.1 Å². The van der Waals surface area contributed by atoms with Crippen LogP contribution in [-0.4, -0.2) is 16.6 Å². The molecule has 4 heteroatoms. The van der Waals surface area contributed by atoms with E-state index in [1.54, 1.807) is 24.5 Å². The first kappa shape index (κ1) is 11.1. The first-order chi connectivity index (χ1) is 8.38. The normalized spacial score (nSPS) is 9.59. The Morgan fingerprint density at radius 1 is 1.18 bits per heavy atom. The maximum Gasteiger partial charge on any atom is 0.144 e. The Balaban J connectivity index is 1.88. The molecular weight excluding hydrogens is 214 g/mol. The first-order valence-corrected chi connectivity index (χ1v) is 5.27. The highest BCUT2D eigenvalue weighted by Gasteiger charge is 1.98. The summed E-state index contributed by atoms with van der Waals surface area (Å²) in [7, 11) is 0. The van der Waals surface area contributed by atoms with Crippen molar-refractivity contribution in [1.82, 2.24) is 9.97 Å². The molecule has 2 rings (SSSR count). The highest BCUT2D eigenvalue weighted by molar-refractivity contribution is 5.29. The van der Waals surface area contributed by atoms with Crippen LogP contribution in [0.2, 0.25) is 0 Å². The summed E-state index contributed by atoms with van der Waals surface area (Å²) in [5.74, 6) is 0.660. The van der Waals surface area contributed by atoms with E-state index in [1.807, 2.05) is 24.3 Å². The smallest absolute Gasteiger partial charge is 0.144 e. The van der Waals surface area contributed by atoms with Gasteiger partial charge in [-0.3, -0.25) is 4.98 Å². The average Bonchev–Trinajstić information content (AvgIpc) is 2.40. The lowest BCUT2D eigenvalue weighted by atomic mass is 10.3. The summed E-state index contributed by atoms with van der Waals surface area (Å²) >= 11 is 0. The predicted octanol–water partition coefficient (Wildman–Crippen LogP) is 1.97. The van der Waals surface area contributed by atoms with E-state index in [-0.39, 0.29) is 0 Å². The number of hydrogen-bond donors (Lipinski definition) is 0. The van der Waals surface area contributed by atoms with Gasteiger partial charge in [0.05, 0.1) is 6.61 Å². The van der Waals surface area contributed by atoms with Crippen LogP contribution in [-0.2, 0) is 6.42 Å². The lowest BCUT2D eigenvalue weighted by molar-refractivity contribution is 0.320. The van der Waals surface area contributed by atoms with Gasteiger partial charge in [0.15, 0.2) is 0 Å². The largest absolute Gasteiger partial charge is 0.493 e. The van der Waals surface area contributed by atoms with Crippen LogP contribution in [0.15, 0.2) is 42.7 Å². The minimum absolute atomic E-state index is 0.361. The van der Waals surface area contributed by atoms with Gasteiger partial charge in [-0.05, 0) is 18.2 Å². The lowest BCUT2D eigenvalue weighted by Gasteiger charge is -2.05. The Labute approximate surface area is 99.5 Å². The number of nitrogens with zero attached hydrogens (tertiary/aromatic N) is 3. The average molecular weight is 225 g/mol. The minimum Gasteiger partial charge on any atom is -0.493 e. The number of hydrogen-bond acceptors (Lipinski definition) is 4. The fourth-order valence-corrected chi connectivity index (χ4v) is 1.38. The Morgan fingerprint density at radius 2 is 2.12 bits per heavy atom. The molecule has 0 aliphatic rings. The zero-order chi connectivity index (χ0) is 11.9. The van der Waals surface area contributed by atoms with E-state index in [4.69, 9.17) is 10.00 Å². The van der Waals surface area contributed by atoms with Crippen LogP contribution in [0.5, 0.6) is 5.75 Å². The minimum atomic E-state index is 0.361. The molecule has 0 unspecified atom stereocenters. The highest BCUT2D eigenvalue weighted by atomic mass is 16.5. The molecule has 17 heavy (non-hydrogen) atoms. The van der Waals surface area contributed by atoms with Crippen LogP contribution in [0, 0.1) is 11.3 Å². The second-order valence-electron chi connectivity index (χ2n) is 3.41. The van der Waals surface area contributed by atoms with Gasteiger partial charge in [0.1, 0.15) is 17.5 Å². The molecule has 0 atom stereocenters. The van der Waals surface area contributed by atoms with Crippen molar-refractivity contribution in [3.63, 3.8) is 0 Å². The quantitative estimate of drug-likeness (QED) is 0.798. The number of nitriles is 1. The van der Waals surface area contributed by atoms with Gasteiger partial charge in [0.2, 0.25) is 0 Å². The standard InChI is InChI=1S/C13H11N3O/c14-10-12-9-13(4-7-16-12)17-8-5-11-3-1-2-6-15-11/h1-4,6-7,9H,5,8H2. The van der Waals surface area contributed by atoms with Crippen molar-refractivity contribution in [3.8, 4) is 11.8 Å². The molecular formula is C13H11N3O. The molecule has 2 heterocycles. The Morgan fingerprint density at radius 3 is 2.88 bits per heavy atom. The summed E-state index contributed by atoms with van der Waals surface area (Å²) in [5, 5.41) is 8.69. The van der Waals surface area contributed by atoms with Gasteiger partial charge < -0.3 is 4.74 Å². The molecule has 0 amide bonds. The second-order valence-corrected chi connectivity index (χ2v) is 3.41. The Kier molecular flexibility index (Phi) is 3.66. The predicted molar refractivity (Wildman–Crippen MR) is 62.4 cm³/mol. The first-order valence-electron chi connectivity index (χ1n) is 5.27. The zero-order valence-electron chi connectivity index (χ0n) is 9.21. The van der Waals surface area contributed by atoms with Gasteiger partial charge >= 0.3 is 0 Å². The Bertz CT molecular complexity index is 520. The third-order valence-corrected chi connectivity index (χ3v) is 2.20. The summed E-state index contributed by atoms with van der Waals surface area (Å²) in [6, 6.07) is 11.1. The molecule has 0 aliphatic heterocycles. The summed E-state index contributed by atoms with van der Waals surface area (Å²) in [6.45, 7) is 0.534. The van der Waals surface area contributed by atoms with Crippen LogP contribution in [0.4, 0.5) is 0 Å². The van der Waals surface area contributed by atoms with Crippen molar-refractivity contribution < 1.29 is 4.74 Å². The summed E-state index contributed by atoms with van der Waals surface area (Å²) < 4.78 is 5.52. The van der Waals surface area contributed by atoms with E-state index in [2.05, 4.69) is 9.97 Å². The van der Waals surface area contributed by atoms with Crippen LogP contribution in [0.3, 0.4) is 0 Å². The topological polar surface area (TPSA) is 58.8 Å². The van der Waals surface area contributed by atoms with Gasteiger partial charge in [-0.15, -0.1) is 0 Å². The van der Waals surface area contributed by atoms with Crippen LogP contribution in [0.25, 0.3) is 0 Å². The zero-order valence-corrected chi connectivity index (χ0v) is 9.21. The fraction of sp³-hybridized carbons (Fsp3) is 0.154. The molecule has 0 spiro atoms. The summed E-state index contributed by atoms with van der Waals surface area (Å²) in [6.07, 6.45) is 4.06. The van der Waals surface area contributed by atoms with E-state index >= 15 is 0 Å². The molecule has 0 saturated carbocycles. The molecule has 2 aromatic heterocycles. The van der Waals surface area contributed by atoms with Crippen molar-refractivity contribution in [3.05, 3.63) is 54.1 Å². The Hall–Kier alpha value is -2.41. The molecule has 0 N–H and O–H groups in total. The van der Waals surface area contributed by atoms with E-state index in [1.165, 1.54) is 0 Å². The molecule has 4 nitrogen and oxygen atoms in total. The molecule has 84 valence electrons. The lowest BCUT2D eigenvalue weighted by Crippen LogP contribution is -2.02.